The highest BCUT2D eigenvalue weighted by Gasteiger charge is 2.20. The predicted molar refractivity (Wildman–Crippen MR) is 286 cm³/mol. The van der Waals surface area contributed by atoms with Crippen LogP contribution in [0.3, 0.4) is 0 Å². The summed E-state index contributed by atoms with van der Waals surface area (Å²) in [4.78, 5) is 2.61. The molecule has 0 aliphatic rings. The van der Waals surface area contributed by atoms with Gasteiger partial charge in [-0.05, 0) is 102 Å². The molecule has 0 aliphatic heterocycles. The predicted octanol–water partition coefficient (Wildman–Crippen LogP) is 19.1. The van der Waals surface area contributed by atoms with Crippen LogP contribution < -0.4 is 0 Å². The lowest BCUT2D eigenvalue weighted by Crippen LogP contribution is -1.86. The molecule has 2 heterocycles. The molecule has 310 valence electrons. The first-order chi connectivity index (χ1) is 32.7. The summed E-state index contributed by atoms with van der Waals surface area (Å²) in [6.45, 7) is 0. The highest BCUT2D eigenvalue weighted by atomic mass is 32.1. The Bertz CT molecular complexity index is 3430. The first-order valence-electron chi connectivity index (χ1n) is 22.5. The van der Waals surface area contributed by atoms with Gasteiger partial charge in [-0.3, -0.25) is 0 Å². The van der Waals surface area contributed by atoms with Gasteiger partial charge in [0.2, 0.25) is 0 Å². The van der Waals surface area contributed by atoms with Gasteiger partial charge in [0.1, 0.15) is 0 Å². The fourth-order valence-electron chi connectivity index (χ4n) is 9.55. The Kier molecular flexibility index (Phi) is 10.4. The van der Waals surface area contributed by atoms with Crippen molar-refractivity contribution in [3.8, 4) is 98.8 Å². The number of hydrogen-bond acceptors (Lipinski definition) is 2. The largest absolute Gasteiger partial charge is 0.134 e. The van der Waals surface area contributed by atoms with Gasteiger partial charge in [0, 0.05) is 41.1 Å². The van der Waals surface area contributed by atoms with Crippen LogP contribution in [-0.4, -0.2) is 0 Å². The van der Waals surface area contributed by atoms with E-state index in [0.29, 0.717) is 0 Å². The van der Waals surface area contributed by atoms with Crippen molar-refractivity contribution in [2.24, 2.45) is 0 Å². The Labute approximate surface area is 394 Å². The topological polar surface area (TPSA) is 0 Å². The van der Waals surface area contributed by atoms with Gasteiger partial charge in [-0.25, -0.2) is 0 Å². The molecule has 0 saturated heterocycles. The first kappa shape index (κ1) is 39.7. The van der Waals surface area contributed by atoms with Crippen molar-refractivity contribution in [3.63, 3.8) is 0 Å². The second-order valence-electron chi connectivity index (χ2n) is 16.8. The van der Waals surface area contributed by atoms with E-state index in [2.05, 4.69) is 255 Å². The van der Waals surface area contributed by atoms with Gasteiger partial charge < -0.3 is 0 Å². The van der Waals surface area contributed by atoms with Crippen molar-refractivity contribution in [2.45, 2.75) is 0 Å². The monoisotopic (exact) mass is 874 g/mol. The van der Waals surface area contributed by atoms with E-state index in [1.807, 2.05) is 22.7 Å². The van der Waals surface area contributed by atoms with Crippen molar-refractivity contribution in [2.75, 3.05) is 0 Å². The molecule has 0 spiro atoms. The molecule has 0 amide bonds. The summed E-state index contributed by atoms with van der Waals surface area (Å²) in [6, 6.07) is 93.0. The Hall–Kier alpha value is -7.88. The molecule has 0 N–H and O–H groups in total. The molecule has 0 bridgehead atoms. The molecular formula is C64H42S2. The van der Waals surface area contributed by atoms with Crippen molar-refractivity contribution in [1.29, 1.82) is 0 Å². The molecule has 0 unspecified atom stereocenters. The van der Waals surface area contributed by atoms with E-state index < -0.39 is 0 Å². The minimum Gasteiger partial charge on any atom is -0.134 e. The Morgan fingerprint density at radius 3 is 0.788 bits per heavy atom. The highest BCUT2D eigenvalue weighted by Crippen LogP contribution is 2.50. The average molecular weight is 875 g/mol. The van der Waals surface area contributed by atoms with Gasteiger partial charge >= 0.3 is 0 Å². The van der Waals surface area contributed by atoms with E-state index in [9.17, 15) is 0 Å². The molecule has 0 aliphatic carbocycles. The van der Waals surface area contributed by atoms with Crippen LogP contribution in [0.4, 0.5) is 0 Å². The lowest BCUT2D eigenvalue weighted by molar-refractivity contribution is 1.57. The van der Waals surface area contributed by atoms with E-state index >= 15 is 0 Å². The van der Waals surface area contributed by atoms with Crippen molar-refractivity contribution in [3.05, 3.63) is 255 Å². The molecule has 10 aromatic carbocycles. The van der Waals surface area contributed by atoms with E-state index in [1.165, 1.54) is 119 Å². The molecule has 0 nitrogen and oxygen atoms in total. The smallest absolute Gasteiger partial charge is 0.0434 e. The zero-order chi connectivity index (χ0) is 43.8. The normalized spacial score (nSPS) is 11.3. The van der Waals surface area contributed by atoms with Gasteiger partial charge in [0.25, 0.3) is 0 Å². The third-order valence-electron chi connectivity index (χ3n) is 12.7. The minimum atomic E-state index is 1.20. The fraction of sp³-hybridized carbons (Fsp3) is 0. The second kappa shape index (κ2) is 17.3. The van der Waals surface area contributed by atoms with Crippen molar-refractivity contribution >= 4 is 42.8 Å². The van der Waals surface area contributed by atoms with Crippen molar-refractivity contribution in [1.82, 2.24) is 0 Å². The summed E-state index contributed by atoms with van der Waals surface area (Å²) in [6.07, 6.45) is 0. The molecule has 0 saturated carbocycles. The molecule has 0 fully saturated rings. The lowest BCUT2D eigenvalue weighted by Gasteiger charge is -2.11. The first-order valence-corrected chi connectivity index (χ1v) is 24.1. The quantitative estimate of drug-likeness (QED) is 0.136. The van der Waals surface area contributed by atoms with E-state index in [1.54, 1.807) is 0 Å². The standard InChI is InChI=1S/C64H42S2/c1-5-19-43(20-6-1)59-57-37-17-35-55(63(57)65-61(59)45-23-9-3-10-24-45)53-33-15-31-51(41-53)49-29-13-27-47(39-49)48-28-14-30-50(40-48)52-32-16-34-54(42-52)56-36-18-38-58-60(44-21-7-2-8-22-44)62(66-64(56)58)46-25-11-4-12-26-46/h1-42H. The van der Waals surface area contributed by atoms with Crippen LogP contribution in [0.25, 0.3) is 119 Å². The number of rotatable bonds is 9. The van der Waals surface area contributed by atoms with Crippen LogP contribution >= 0.6 is 22.7 Å². The average Bonchev–Trinajstić information content (AvgIpc) is 4.00. The van der Waals surface area contributed by atoms with Crippen LogP contribution in [0.1, 0.15) is 0 Å². The zero-order valence-electron chi connectivity index (χ0n) is 36.1. The molecule has 0 atom stereocenters. The summed E-state index contributed by atoms with van der Waals surface area (Å²) in [5, 5.41) is 2.58. The maximum Gasteiger partial charge on any atom is 0.0434 e. The van der Waals surface area contributed by atoms with Crippen LogP contribution in [0.5, 0.6) is 0 Å². The molecule has 0 radical (unpaired) electrons. The van der Waals surface area contributed by atoms with Gasteiger partial charge in [0.15, 0.2) is 0 Å². The zero-order valence-corrected chi connectivity index (χ0v) is 37.7. The maximum absolute atomic E-state index is 2.36. The number of benzene rings is 10. The van der Waals surface area contributed by atoms with E-state index in [-0.39, 0.29) is 0 Å². The maximum atomic E-state index is 2.36. The third kappa shape index (κ3) is 7.37. The second-order valence-corrected chi connectivity index (χ2v) is 18.8. The van der Waals surface area contributed by atoms with Crippen LogP contribution in [0, 0.1) is 0 Å². The van der Waals surface area contributed by atoms with Gasteiger partial charge in [0.05, 0.1) is 0 Å². The Balaban J connectivity index is 0.886. The Morgan fingerprint density at radius 1 is 0.197 bits per heavy atom. The number of hydrogen-bond donors (Lipinski definition) is 0. The summed E-state index contributed by atoms with van der Waals surface area (Å²) in [5.74, 6) is 0. The number of fused-ring (bicyclic) bond motifs is 2. The SMILES string of the molecule is c1ccc(-c2sc3c(-c4cccc(-c5cccc(-c6cccc(-c7cccc(-c8cccc9c(-c%10ccccc%10)c(-c%10ccccc%10)sc89)c7)c6)c5)c4)cccc3c2-c2ccccc2)cc1. The van der Waals surface area contributed by atoms with Crippen molar-refractivity contribution < 1.29 is 0 Å². The summed E-state index contributed by atoms with van der Waals surface area (Å²) < 4.78 is 2.62. The van der Waals surface area contributed by atoms with Crippen LogP contribution in [0.2, 0.25) is 0 Å². The van der Waals surface area contributed by atoms with Gasteiger partial charge in [-0.15, -0.1) is 22.7 Å². The summed E-state index contributed by atoms with van der Waals surface area (Å²) in [5.41, 5.74) is 19.7. The summed E-state index contributed by atoms with van der Waals surface area (Å²) in [7, 11) is 0. The summed E-state index contributed by atoms with van der Waals surface area (Å²) >= 11 is 3.79. The van der Waals surface area contributed by atoms with Gasteiger partial charge in [-0.1, -0.05) is 231 Å². The van der Waals surface area contributed by atoms with Gasteiger partial charge in [-0.2, -0.15) is 0 Å². The highest BCUT2D eigenvalue weighted by molar-refractivity contribution is 7.24. The third-order valence-corrected chi connectivity index (χ3v) is 15.3. The molecule has 66 heavy (non-hydrogen) atoms. The van der Waals surface area contributed by atoms with Crippen LogP contribution in [-0.2, 0) is 0 Å². The molecule has 2 heteroatoms. The molecular weight excluding hydrogens is 833 g/mol. The van der Waals surface area contributed by atoms with E-state index in [0.717, 1.165) is 0 Å². The minimum absolute atomic E-state index is 1.20. The Morgan fingerprint density at radius 2 is 0.455 bits per heavy atom. The fourth-order valence-corrected chi connectivity index (χ4v) is 12.3. The lowest BCUT2D eigenvalue weighted by atomic mass is 9.93. The van der Waals surface area contributed by atoms with E-state index in [4.69, 9.17) is 0 Å². The molecule has 2 aromatic heterocycles. The number of thiophene rings is 2. The molecule has 12 rings (SSSR count). The molecule has 12 aromatic rings. The van der Waals surface area contributed by atoms with Crippen LogP contribution in [0.15, 0.2) is 255 Å².